The Balaban J connectivity index is 1.88. The van der Waals surface area contributed by atoms with Gasteiger partial charge in [0.25, 0.3) is 11.8 Å². The number of methoxy groups -OCH3 is 1. The number of rotatable bonds is 5. The van der Waals surface area contributed by atoms with Crippen molar-refractivity contribution >= 4 is 17.8 Å². The van der Waals surface area contributed by atoms with Gasteiger partial charge in [0, 0.05) is 0 Å². The maximum atomic E-state index is 12.5. The van der Waals surface area contributed by atoms with Gasteiger partial charge in [-0.05, 0) is 43.7 Å². The topological polar surface area (TPSA) is 72.9 Å². The van der Waals surface area contributed by atoms with Crippen molar-refractivity contribution in [3.8, 4) is 5.75 Å². The number of carbonyl (C=O) groups is 3. The first-order chi connectivity index (χ1) is 12.4. The van der Waals surface area contributed by atoms with Gasteiger partial charge in [-0.2, -0.15) is 0 Å². The van der Waals surface area contributed by atoms with Crippen molar-refractivity contribution in [1.82, 2.24) is 4.90 Å². The van der Waals surface area contributed by atoms with Crippen LogP contribution in [0.4, 0.5) is 0 Å². The number of hydrogen-bond donors (Lipinski definition) is 0. The van der Waals surface area contributed by atoms with Crippen molar-refractivity contribution in [3.63, 3.8) is 0 Å². The van der Waals surface area contributed by atoms with Gasteiger partial charge in [-0.1, -0.05) is 18.2 Å². The van der Waals surface area contributed by atoms with Crippen molar-refractivity contribution in [1.29, 1.82) is 0 Å². The highest BCUT2D eigenvalue weighted by molar-refractivity contribution is 6.21. The van der Waals surface area contributed by atoms with Crippen LogP contribution in [0.25, 0.3) is 0 Å². The molecule has 0 saturated carbocycles. The van der Waals surface area contributed by atoms with Gasteiger partial charge >= 0.3 is 5.97 Å². The summed E-state index contributed by atoms with van der Waals surface area (Å²) in [6, 6.07) is 11.7. The van der Waals surface area contributed by atoms with Crippen LogP contribution in [0, 0.1) is 0 Å². The second-order valence-electron chi connectivity index (χ2n) is 6.23. The number of esters is 1. The van der Waals surface area contributed by atoms with Crippen LogP contribution in [0.3, 0.4) is 0 Å². The Morgan fingerprint density at radius 2 is 1.65 bits per heavy atom. The molecule has 134 valence electrons. The average Bonchev–Trinajstić information content (AvgIpc) is 2.86. The van der Waals surface area contributed by atoms with E-state index in [9.17, 15) is 14.4 Å². The normalized spacial score (nSPS) is 13.2. The second kappa shape index (κ2) is 7.00. The Morgan fingerprint density at radius 3 is 2.19 bits per heavy atom. The average molecular weight is 353 g/mol. The van der Waals surface area contributed by atoms with Gasteiger partial charge < -0.3 is 9.47 Å². The summed E-state index contributed by atoms with van der Waals surface area (Å²) in [5, 5.41) is 0. The molecule has 2 amide bonds. The standard InChI is InChI=1S/C20H19NO5/c1-12(2)26-20(24)16-10-13(8-9-17(16)25-3)11-21-18(22)14-6-4-5-7-15(14)19(21)23/h4-10,12H,11H2,1-3H3. The van der Waals surface area contributed by atoms with Gasteiger partial charge in [0.2, 0.25) is 0 Å². The van der Waals surface area contributed by atoms with E-state index >= 15 is 0 Å². The SMILES string of the molecule is COc1ccc(CN2C(=O)c3ccccc3C2=O)cc1C(=O)OC(C)C. The van der Waals surface area contributed by atoms with Gasteiger partial charge in [0.1, 0.15) is 11.3 Å². The predicted molar refractivity (Wildman–Crippen MR) is 94.2 cm³/mol. The fraction of sp³-hybridized carbons (Fsp3) is 0.250. The molecule has 2 aromatic carbocycles. The number of fused-ring (bicyclic) bond motifs is 1. The number of hydrogen-bond acceptors (Lipinski definition) is 5. The molecule has 0 radical (unpaired) electrons. The molecular weight excluding hydrogens is 334 g/mol. The van der Waals surface area contributed by atoms with E-state index in [2.05, 4.69) is 0 Å². The molecule has 0 spiro atoms. The minimum absolute atomic E-state index is 0.0678. The van der Waals surface area contributed by atoms with E-state index in [0.717, 1.165) is 0 Å². The first kappa shape index (κ1) is 17.7. The largest absolute Gasteiger partial charge is 0.496 e. The van der Waals surface area contributed by atoms with Crippen LogP contribution < -0.4 is 4.74 Å². The Kier molecular flexibility index (Phi) is 4.75. The second-order valence-corrected chi connectivity index (χ2v) is 6.23. The van der Waals surface area contributed by atoms with Gasteiger partial charge in [0.05, 0.1) is 30.9 Å². The molecule has 26 heavy (non-hydrogen) atoms. The number of benzene rings is 2. The quantitative estimate of drug-likeness (QED) is 0.610. The zero-order valence-electron chi connectivity index (χ0n) is 14.8. The van der Waals surface area contributed by atoms with Crippen LogP contribution in [-0.4, -0.2) is 35.9 Å². The number of imide groups is 1. The van der Waals surface area contributed by atoms with Crippen LogP contribution in [0.1, 0.15) is 50.5 Å². The Hall–Kier alpha value is -3.15. The van der Waals surface area contributed by atoms with E-state index < -0.39 is 5.97 Å². The molecule has 1 aliphatic rings. The van der Waals surface area contributed by atoms with Crippen molar-refractivity contribution < 1.29 is 23.9 Å². The third-order valence-corrected chi connectivity index (χ3v) is 4.05. The lowest BCUT2D eigenvalue weighted by atomic mass is 10.1. The fourth-order valence-electron chi connectivity index (χ4n) is 2.86. The Morgan fingerprint density at radius 1 is 1.04 bits per heavy atom. The summed E-state index contributed by atoms with van der Waals surface area (Å²) in [5.41, 5.74) is 1.68. The summed E-state index contributed by atoms with van der Waals surface area (Å²) in [5.74, 6) is -0.816. The molecule has 0 aromatic heterocycles. The molecule has 0 aliphatic carbocycles. The number of nitrogens with zero attached hydrogens (tertiary/aromatic N) is 1. The molecule has 0 fully saturated rings. The number of amides is 2. The van der Waals surface area contributed by atoms with Crippen molar-refractivity contribution in [3.05, 3.63) is 64.7 Å². The molecule has 0 N–H and O–H groups in total. The lowest BCUT2D eigenvalue weighted by Gasteiger charge is -2.16. The van der Waals surface area contributed by atoms with Crippen molar-refractivity contribution in [2.45, 2.75) is 26.5 Å². The summed E-state index contributed by atoms with van der Waals surface area (Å²) < 4.78 is 10.4. The van der Waals surface area contributed by atoms with Gasteiger partial charge in [-0.15, -0.1) is 0 Å². The minimum Gasteiger partial charge on any atom is -0.496 e. The van der Waals surface area contributed by atoms with Gasteiger partial charge in [0.15, 0.2) is 0 Å². The highest BCUT2D eigenvalue weighted by atomic mass is 16.5. The van der Waals surface area contributed by atoms with E-state index in [-0.39, 0.29) is 30.0 Å². The summed E-state index contributed by atoms with van der Waals surface area (Å²) in [6.07, 6.45) is -0.271. The molecular formula is C20H19NO5. The van der Waals surface area contributed by atoms with E-state index in [4.69, 9.17) is 9.47 Å². The van der Waals surface area contributed by atoms with Gasteiger partial charge in [-0.3, -0.25) is 14.5 Å². The monoisotopic (exact) mass is 353 g/mol. The van der Waals surface area contributed by atoms with Crippen molar-refractivity contribution in [2.75, 3.05) is 7.11 Å². The first-order valence-corrected chi connectivity index (χ1v) is 8.25. The highest BCUT2D eigenvalue weighted by Gasteiger charge is 2.35. The zero-order valence-corrected chi connectivity index (χ0v) is 14.8. The lowest BCUT2D eigenvalue weighted by Crippen LogP contribution is -2.29. The Bertz CT molecular complexity index is 853. The molecule has 1 aliphatic heterocycles. The van der Waals surface area contributed by atoms with Crippen LogP contribution >= 0.6 is 0 Å². The molecule has 6 heteroatoms. The molecule has 0 saturated heterocycles. The predicted octanol–water partition coefficient (Wildman–Crippen LogP) is 3.06. The van der Waals surface area contributed by atoms with Crippen LogP contribution in [0.15, 0.2) is 42.5 Å². The first-order valence-electron chi connectivity index (χ1n) is 8.25. The van der Waals surface area contributed by atoms with E-state index in [0.29, 0.717) is 22.4 Å². The highest BCUT2D eigenvalue weighted by Crippen LogP contribution is 2.26. The summed E-state index contributed by atoms with van der Waals surface area (Å²) >= 11 is 0. The van der Waals surface area contributed by atoms with Crippen LogP contribution in [-0.2, 0) is 11.3 Å². The molecule has 0 bridgehead atoms. The molecule has 3 rings (SSSR count). The molecule has 2 aromatic rings. The minimum atomic E-state index is -0.513. The molecule has 0 atom stereocenters. The van der Waals surface area contributed by atoms with Crippen LogP contribution in [0.2, 0.25) is 0 Å². The maximum Gasteiger partial charge on any atom is 0.342 e. The smallest absolute Gasteiger partial charge is 0.342 e. The summed E-state index contributed by atoms with van der Waals surface area (Å²) in [7, 11) is 1.46. The third-order valence-electron chi connectivity index (χ3n) is 4.05. The molecule has 1 heterocycles. The van der Waals surface area contributed by atoms with Crippen LogP contribution in [0.5, 0.6) is 5.75 Å². The molecule has 6 nitrogen and oxygen atoms in total. The number of ether oxygens (including phenoxy) is 2. The van der Waals surface area contributed by atoms with E-state index in [1.165, 1.54) is 12.0 Å². The third kappa shape index (κ3) is 3.18. The molecule has 0 unspecified atom stereocenters. The summed E-state index contributed by atoms with van der Waals surface area (Å²) in [4.78, 5) is 38.4. The zero-order chi connectivity index (χ0) is 18.8. The lowest BCUT2D eigenvalue weighted by molar-refractivity contribution is 0.0374. The summed E-state index contributed by atoms with van der Waals surface area (Å²) in [6.45, 7) is 3.58. The maximum absolute atomic E-state index is 12.5. The van der Waals surface area contributed by atoms with Gasteiger partial charge in [-0.25, -0.2) is 4.79 Å². The van der Waals surface area contributed by atoms with Crippen molar-refractivity contribution in [2.24, 2.45) is 0 Å². The van der Waals surface area contributed by atoms with E-state index in [1.54, 1.807) is 56.3 Å². The fourth-order valence-corrected chi connectivity index (χ4v) is 2.86. The van der Waals surface area contributed by atoms with E-state index in [1.807, 2.05) is 0 Å². The Labute approximate surface area is 151 Å². The number of carbonyl (C=O) groups excluding carboxylic acids is 3.